The molecule has 1 aromatic rings. The summed E-state index contributed by atoms with van der Waals surface area (Å²) in [6.07, 6.45) is 16.8. The molecule has 192 valence electrons. The molecule has 4 heteroatoms. The molecular weight excluding hydrogens is 432 g/mol. The van der Waals surface area contributed by atoms with Crippen molar-refractivity contribution in [3.8, 4) is 0 Å². The molecule has 5 fully saturated rings. The number of pyridine rings is 1. The number of aliphatic hydroxyl groups is 1. The highest BCUT2D eigenvalue weighted by Gasteiger charge is 2.66. The fourth-order valence-electron chi connectivity index (χ4n) is 11.2. The van der Waals surface area contributed by atoms with Gasteiger partial charge in [-0.05, 0) is 122 Å². The molecule has 0 aromatic carbocycles. The average Bonchev–Trinajstić information content (AvgIpc) is 3.26. The topological polar surface area (TPSA) is 62.2 Å². The van der Waals surface area contributed by atoms with Gasteiger partial charge in [0.1, 0.15) is 0 Å². The molecule has 4 nitrogen and oxygen atoms in total. The van der Waals surface area contributed by atoms with E-state index < -0.39 is 0 Å². The summed E-state index contributed by atoms with van der Waals surface area (Å²) in [6, 6.07) is 3.69. The summed E-state index contributed by atoms with van der Waals surface area (Å²) in [4.78, 5) is 17.3. The van der Waals surface area contributed by atoms with E-state index in [0.29, 0.717) is 22.7 Å². The Balaban J connectivity index is 1.27. The lowest BCUT2D eigenvalue weighted by molar-refractivity contribution is -0.211. The molecule has 1 amide bonds. The second kappa shape index (κ2) is 8.04. The van der Waals surface area contributed by atoms with Gasteiger partial charge < -0.3 is 10.4 Å². The quantitative estimate of drug-likeness (QED) is 0.518. The monoisotopic (exact) mass is 478 g/mol. The van der Waals surface area contributed by atoms with Crippen LogP contribution in [0.25, 0.3) is 0 Å². The number of hydrogen-bond acceptors (Lipinski definition) is 3. The number of amides is 1. The number of nitrogens with zero attached hydrogens (tertiary/aromatic N) is 1. The zero-order chi connectivity index (χ0) is 24.6. The van der Waals surface area contributed by atoms with Crippen LogP contribution in [0, 0.1) is 45.8 Å². The fourth-order valence-corrected chi connectivity index (χ4v) is 11.2. The maximum Gasteiger partial charge on any atom is 0.251 e. The summed E-state index contributed by atoms with van der Waals surface area (Å²) >= 11 is 0. The standard InChI is InChI=1S/C31H46N2O2/c1-28(2)24-10-15-29(3)22-9-17-31(33-27(35)20-12-18-32-19-13-20)14-5-6-23(31)21(22)7-8-25(29)30(24,4)16-11-26(28)34/h12-13,18-19,21-26,34H,5-11,14-17H2,1-4H3,(H,33,35). The number of carbonyl (C=O) groups is 1. The number of hydrogen-bond donors (Lipinski definition) is 2. The molecule has 6 rings (SSSR count). The molecule has 1 heterocycles. The number of carbonyl (C=O) groups excluding carboxylic acids is 1. The first-order valence-corrected chi connectivity index (χ1v) is 14.5. The van der Waals surface area contributed by atoms with Crippen LogP contribution in [0.1, 0.15) is 109 Å². The van der Waals surface area contributed by atoms with E-state index in [-0.39, 0.29) is 23.0 Å². The molecule has 0 radical (unpaired) electrons. The SMILES string of the molecule is CC1(C)C(O)CCC2(C)C1CCC1(C)C3CCC4(NC(=O)c5ccncc5)CCCC4C3CCC12. The molecule has 9 atom stereocenters. The van der Waals surface area contributed by atoms with Crippen molar-refractivity contribution in [2.75, 3.05) is 0 Å². The lowest BCUT2D eigenvalue weighted by Crippen LogP contribution is -2.65. The van der Waals surface area contributed by atoms with Crippen molar-refractivity contribution in [1.82, 2.24) is 10.3 Å². The van der Waals surface area contributed by atoms with Crippen LogP contribution in [0.5, 0.6) is 0 Å². The minimum Gasteiger partial charge on any atom is -0.393 e. The zero-order valence-electron chi connectivity index (χ0n) is 22.4. The molecule has 0 saturated heterocycles. The van der Waals surface area contributed by atoms with Gasteiger partial charge in [0.15, 0.2) is 0 Å². The average molecular weight is 479 g/mol. The smallest absolute Gasteiger partial charge is 0.251 e. The van der Waals surface area contributed by atoms with E-state index in [2.05, 4.69) is 38.0 Å². The van der Waals surface area contributed by atoms with E-state index >= 15 is 0 Å². The summed E-state index contributed by atoms with van der Waals surface area (Å²) < 4.78 is 0. The van der Waals surface area contributed by atoms with Gasteiger partial charge in [-0.2, -0.15) is 0 Å². The van der Waals surface area contributed by atoms with Gasteiger partial charge in [-0.1, -0.05) is 34.1 Å². The highest BCUT2D eigenvalue weighted by Crippen LogP contribution is 2.72. The maximum atomic E-state index is 13.2. The van der Waals surface area contributed by atoms with E-state index in [1.54, 1.807) is 12.4 Å². The highest BCUT2D eigenvalue weighted by atomic mass is 16.3. The van der Waals surface area contributed by atoms with Crippen LogP contribution < -0.4 is 5.32 Å². The Kier molecular flexibility index (Phi) is 5.50. The highest BCUT2D eigenvalue weighted by molar-refractivity contribution is 5.94. The maximum absolute atomic E-state index is 13.2. The van der Waals surface area contributed by atoms with Gasteiger partial charge >= 0.3 is 0 Å². The van der Waals surface area contributed by atoms with Gasteiger partial charge in [0, 0.05) is 23.5 Å². The first-order valence-electron chi connectivity index (χ1n) is 14.5. The van der Waals surface area contributed by atoms with Gasteiger partial charge in [0.05, 0.1) is 6.10 Å². The zero-order valence-corrected chi connectivity index (χ0v) is 22.4. The van der Waals surface area contributed by atoms with Crippen molar-refractivity contribution < 1.29 is 9.90 Å². The number of nitrogens with one attached hydrogen (secondary N) is 1. The molecule has 2 N–H and O–H groups in total. The van der Waals surface area contributed by atoms with Crippen LogP contribution >= 0.6 is 0 Å². The van der Waals surface area contributed by atoms with Gasteiger partial charge in [-0.3, -0.25) is 9.78 Å². The van der Waals surface area contributed by atoms with Crippen molar-refractivity contribution in [2.24, 2.45) is 45.8 Å². The largest absolute Gasteiger partial charge is 0.393 e. The molecule has 0 spiro atoms. The van der Waals surface area contributed by atoms with Crippen molar-refractivity contribution in [2.45, 2.75) is 110 Å². The molecule has 5 saturated carbocycles. The summed E-state index contributed by atoms with van der Waals surface area (Å²) in [6.45, 7) is 9.94. The van der Waals surface area contributed by atoms with Crippen LogP contribution in [0.3, 0.4) is 0 Å². The van der Waals surface area contributed by atoms with E-state index in [9.17, 15) is 9.90 Å². The Morgan fingerprint density at radius 1 is 0.857 bits per heavy atom. The van der Waals surface area contributed by atoms with Crippen LogP contribution in [0.2, 0.25) is 0 Å². The molecule has 1 aromatic heterocycles. The van der Waals surface area contributed by atoms with E-state index in [1.165, 1.54) is 51.4 Å². The third kappa shape index (κ3) is 3.33. The minimum absolute atomic E-state index is 0.0112. The van der Waals surface area contributed by atoms with Crippen molar-refractivity contribution in [3.63, 3.8) is 0 Å². The Labute approximate surface area is 212 Å². The lowest BCUT2D eigenvalue weighted by atomic mass is 9.36. The summed E-state index contributed by atoms with van der Waals surface area (Å²) in [5.41, 5.74) is 1.50. The molecule has 0 bridgehead atoms. The lowest BCUT2D eigenvalue weighted by Gasteiger charge is -2.69. The number of aliphatic hydroxyl groups excluding tert-OH is 1. The first kappa shape index (κ1) is 23.9. The third-order valence-corrected chi connectivity index (χ3v) is 12.8. The number of rotatable bonds is 2. The van der Waals surface area contributed by atoms with E-state index in [1.807, 2.05) is 12.1 Å². The van der Waals surface area contributed by atoms with Crippen LogP contribution in [-0.4, -0.2) is 27.6 Å². The van der Waals surface area contributed by atoms with Crippen LogP contribution in [0.4, 0.5) is 0 Å². The second-order valence-corrected chi connectivity index (χ2v) is 14.3. The Morgan fingerprint density at radius 3 is 2.37 bits per heavy atom. The number of aromatic nitrogens is 1. The Bertz CT molecular complexity index is 977. The Hall–Kier alpha value is -1.42. The summed E-state index contributed by atoms with van der Waals surface area (Å²) in [5.74, 6) is 3.63. The van der Waals surface area contributed by atoms with Crippen LogP contribution in [-0.2, 0) is 0 Å². The molecule has 5 aliphatic carbocycles. The molecule has 5 aliphatic rings. The summed E-state index contributed by atoms with van der Waals surface area (Å²) in [7, 11) is 0. The van der Waals surface area contributed by atoms with Crippen molar-refractivity contribution >= 4 is 5.91 Å². The van der Waals surface area contributed by atoms with Crippen LogP contribution in [0.15, 0.2) is 24.5 Å². The summed E-state index contributed by atoms with van der Waals surface area (Å²) in [5, 5.41) is 14.5. The first-order chi connectivity index (χ1) is 16.6. The minimum atomic E-state index is -0.154. The molecular formula is C31H46N2O2. The predicted molar refractivity (Wildman–Crippen MR) is 139 cm³/mol. The molecule has 35 heavy (non-hydrogen) atoms. The van der Waals surface area contributed by atoms with Gasteiger partial charge in [-0.25, -0.2) is 0 Å². The normalized spacial score (nSPS) is 48.1. The van der Waals surface area contributed by atoms with Gasteiger partial charge in [0.25, 0.3) is 5.91 Å². The third-order valence-electron chi connectivity index (χ3n) is 12.8. The number of fused-ring (bicyclic) bond motifs is 7. The van der Waals surface area contributed by atoms with Gasteiger partial charge in [0.2, 0.25) is 0 Å². The molecule has 9 unspecified atom stereocenters. The predicted octanol–water partition coefficient (Wildman–Crippen LogP) is 6.39. The second-order valence-electron chi connectivity index (χ2n) is 14.3. The van der Waals surface area contributed by atoms with E-state index in [4.69, 9.17) is 0 Å². The van der Waals surface area contributed by atoms with Crippen molar-refractivity contribution in [3.05, 3.63) is 30.1 Å². The van der Waals surface area contributed by atoms with Crippen molar-refractivity contribution in [1.29, 1.82) is 0 Å². The Morgan fingerprint density at radius 2 is 1.60 bits per heavy atom. The van der Waals surface area contributed by atoms with E-state index in [0.717, 1.165) is 42.6 Å². The van der Waals surface area contributed by atoms with Gasteiger partial charge in [-0.15, -0.1) is 0 Å². The fraction of sp³-hybridized carbons (Fsp3) is 0.806. The molecule has 0 aliphatic heterocycles.